The molecule has 0 spiro atoms. The van der Waals surface area contributed by atoms with E-state index >= 15 is 0 Å². The van der Waals surface area contributed by atoms with Gasteiger partial charge in [-0.2, -0.15) is 0 Å². The van der Waals surface area contributed by atoms with Crippen molar-refractivity contribution in [1.82, 2.24) is 5.32 Å². The first kappa shape index (κ1) is 40.1. The molecule has 0 saturated heterocycles. The van der Waals surface area contributed by atoms with Gasteiger partial charge >= 0.3 is 0 Å². The van der Waals surface area contributed by atoms with Gasteiger partial charge in [-0.05, 0) is 57.8 Å². The summed E-state index contributed by atoms with van der Waals surface area (Å²) in [6, 6.07) is -0.851. The van der Waals surface area contributed by atoms with Gasteiger partial charge in [0.25, 0.3) is 0 Å². The van der Waals surface area contributed by atoms with Gasteiger partial charge in [-0.1, -0.05) is 139 Å². The van der Waals surface area contributed by atoms with E-state index in [4.69, 9.17) is 0 Å². The topological polar surface area (TPSA) is 89.8 Å². The molecule has 4 N–H and O–H groups in total. The molecule has 5 nitrogen and oxygen atoms in total. The average molecular weight is 588 g/mol. The lowest BCUT2D eigenvalue weighted by Gasteiger charge is -2.21. The molecule has 0 aliphatic heterocycles. The van der Waals surface area contributed by atoms with E-state index in [1.165, 1.54) is 83.5 Å². The molecule has 42 heavy (non-hydrogen) atoms. The SMILES string of the molecule is CCCCCCCC/C=C\C/C=C\CC(O)C(=O)NC(CO)C(O)/C=C/CC/C=C/CC/C=C/CCCCCCCC. The highest BCUT2D eigenvalue weighted by atomic mass is 16.3. The number of allylic oxidation sites excluding steroid dienone is 8. The number of aliphatic hydroxyl groups is 3. The molecule has 0 fully saturated rings. The smallest absolute Gasteiger partial charge is 0.249 e. The van der Waals surface area contributed by atoms with Crippen LogP contribution in [0.3, 0.4) is 0 Å². The number of aliphatic hydroxyl groups excluding tert-OH is 3. The third-order valence-corrected chi connectivity index (χ3v) is 7.32. The lowest BCUT2D eigenvalue weighted by molar-refractivity contribution is -0.131. The molecule has 0 aromatic heterocycles. The maximum absolute atomic E-state index is 12.3. The molecule has 0 bridgehead atoms. The summed E-state index contributed by atoms with van der Waals surface area (Å²) in [5.74, 6) is -0.589. The van der Waals surface area contributed by atoms with Gasteiger partial charge in [0.1, 0.15) is 6.10 Å². The van der Waals surface area contributed by atoms with Gasteiger partial charge in [0, 0.05) is 6.42 Å². The Morgan fingerprint density at radius 3 is 1.60 bits per heavy atom. The Bertz CT molecular complexity index is 740. The number of unbranched alkanes of at least 4 members (excludes halogenated alkanes) is 14. The Balaban J connectivity index is 3.99. The molecule has 0 aromatic rings. The molecular weight excluding hydrogens is 522 g/mol. The molecule has 3 atom stereocenters. The van der Waals surface area contributed by atoms with E-state index < -0.39 is 30.8 Å². The summed E-state index contributed by atoms with van der Waals surface area (Å²) in [6.45, 7) is 4.08. The number of hydrogen-bond donors (Lipinski definition) is 4. The molecule has 0 radical (unpaired) electrons. The summed E-state index contributed by atoms with van der Waals surface area (Å²) in [4.78, 5) is 12.3. The van der Waals surface area contributed by atoms with Crippen molar-refractivity contribution in [3.63, 3.8) is 0 Å². The lowest BCUT2D eigenvalue weighted by Crippen LogP contribution is -2.48. The van der Waals surface area contributed by atoms with Crippen LogP contribution in [0.2, 0.25) is 0 Å². The molecule has 0 aliphatic rings. The molecule has 0 aliphatic carbocycles. The number of rotatable bonds is 29. The van der Waals surface area contributed by atoms with E-state index in [1.54, 1.807) is 12.2 Å². The number of carbonyl (C=O) groups excluding carboxylic acids is 1. The number of carbonyl (C=O) groups is 1. The van der Waals surface area contributed by atoms with Crippen LogP contribution in [0.25, 0.3) is 0 Å². The fourth-order valence-corrected chi connectivity index (χ4v) is 4.55. The predicted molar refractivity (Wildman–Crippen MR) is 180 cm³/mol. The van der Waals surface area contributed by atoms with E-state index in [0.717, 1.165) is 38.5 Å². The Hall–Kier alpha value is -1.95. The third kappa shape index (κ3) is 26.9. The first-order valence-electron chi connectivity index (χ1n) is 17.1. The quantitative estimate of drug-likeness (QED) is 0.0520. The standard InChI is InChI=1S/C37H65NO4/c1-3-5-7-9-11-13-15-17-18-19-20-22-23-25-27-29-31-35(40)34(33-39)38-37(42)36(41)32-30-28-26-24-21-16-14-12-10-8-6-4-2/h17-18,21-24,28-31,34-36,39-41H,3-16,19-20,25-27,32-33H2,1-2H3,(H,38,42)/b18-17+,23-22+,24-21-,30-28-,31-29+. The highest BCUT2D eigenvalue weighted by molar-refractivity contribution is 5.81. The van der Waals surface area contributed by atoms with Gasteiger partial charge in [-0.25, -0.2) is 0 Å². The van der Waals surface area contributed by atoms with E-state index in [9.17, 15) is 20.1 Å². The van der Waals surface area contributed by atoms with E-state index in [1.807, 2.05) is 12.2 Å². The summed E-state index contributed by atoms with van der Waals surface area (Å²) < 4.78 is 0. The van der Waals surface area contributed by atoms with Gasteiger partial charge in [0.15, 0.2) is 0 Å². The monoisotopic (exact) mass is 587 g/mol. The van der Waals surface area contributed by atoms with Gasteiger partial charge in [0.05, 0.1) is 18.8 Å². The van der Waals surface area contributed by atoms with Gasteiger partial charge < -0.3 is 20.6 Å². The van der Waals surface area contributed by atoms with Crippen LogP contribution < -0.4 is 5.32 Å². The van der Waals surface area contributed by atoms with Crippen molar-refractivity contribution in [3.05, 3.63) is 60.8 Å². The second-order valence-corrected chi connectivity index (χ2v) is 11.4. The second kappa shape index (κ2) is 32.0. The first-order valence-corrected chi connectivity index (χ1v) is 17.1. The predicted octanol–water partition coefficient (Wildman–Crippen LogP) is 8.81. The fraction of sp³-hybridized carbons (Fsp3) is 0.703. The van der Waals surface area contributed by atoms with Crippen molar-refractivity contribution in [2.75, 3.05) is 6.61 Å². The second-order valence-electron chi connectivity index (χ2n) is 11.4. The van der Waals surface area contributed by atoms with Crippen molar-refractivity contribution in [3.8, 4) is 0 Å². The first-order chi connectivity index (χ1) is 20.6. The molecule has 1 amide bonds. The summed E-state index contributed by atoms with van der Waals surface area (Å²) >= 11 is 0. The van der Waals surface area contributed by atoms with Crippen LogP contribution in [-0.4, -0.2) is 46.1 Å². The van der Waals surface area contributed by atoms with Crippen LogP contribution in [0.4, 0.5) is 0 Å². The van der Waals surface area contributed by atoms with E-state index in [-0.39, 0.29) is 6.42 Å². The Morgan fingerprint density at radius 1 is 0.595 bits per heavy atom. The van der Waals surface area contributed by atoms with Gasteiger partial charge in [-0.15, -0.1) is 0 Å². The summed E-state index contributed by atoms with van der Waals surface area (Å²) in [6.07, 6.45) is 41.0. The summed E-state index contributed by atoms with van der Waals surface area (Å²) in [5.41, 5.74) is 0. The summed E-state index contributed by atoms with van der Waals surface area (Å²) in [7, 11) is 0. The molecule has 0 saturated carbocycles. The molecule has 0 heterocycles. The van der Waals surface area contributed by atoms with Crippen molar-refractivity contribution < 1.29 is 20.1 Å². The maximum Gasteiger partial charge on any atom is 0.249 e. The Morgan fingerprint density at radius 2 is 1.05 bits per heavy atom. The number of hydrogen-bond acceptors (Lipinski definition) is 4. The molecule has 0 aromatic carbocycles. The zero-order chi connectivity index (χ0) is 30.9. The zero-order valence-electron chi connectivity index (χ0n) is 27.1. The maximum atomic E-state index is 12.3. The van der Waals surface area contributed by atoms with E-state index in [2.05, 4.69) is 55.6 Å². The van der Waals surface area contributed by atoms with Crippen LogP contribution in [-0.2, 0) is 4.79 Å². The molecule has 3 unspecified atom stereocenters. The Kier molecular flexibility index (Phi) is 30.5. The minimum atomic E-state index is -1.21. The molecule has 5 heteroatoms. The minimum Gasteiger partial charge on any atom is -0.394 e. The van der Waals surface area contributed by atoms with Crippen LogP contribution in [0.5, 0.6) is 0 Å². The van der Waals surface area contributed by atoms with Crippen LogP contribution >= 0.6 is 0 Å². The number of amides is 1. The normalized spacial score (nSPS) is 14.7. The number of nitrogens with one attached hydrogen (secondary N) is 1. The van der Waals surface area contributed by atoms with Crippen molar-refractivity contribution in [2.45, 2.75) is 161 Å². The van der Waals surface area contributed by atoms with Gasteiger partial charge in [-0.3, -0.25) is 4.79 Å². The van der Waals surface area contributed by atoms with Crippen LogP contribution in [0.15, 0.2) is 60.8 Å². The molecular formula is C37H65NO4. The average Bonchev–Trinajstić information content (AvgIpc) is 2.99. The van der Waals surface area contributed by atoms with E-state index in [0.29, 0.717) is 0 Å². The third-order valence-electron chi connectivity index (χ3n) is 7.32. The van der Waals surface area contributed by atoms with Crippen molar-refractivity contribution in [1.29, 1.82) is 0 Å². The fourth-order valence-electron chi connectivity index (χ4n) is 4.55. The van der Waals surface area contributed by atoms with Crippen molar-refractivity contribution >= 4 is 5.91 Å². The van der Waals surface area contributed by atoms with Gasteiger partial charge in [0.2, 0.25) is 5.91 Å². The zero-order valence-corrected chi connectivity index (χ0v) is 27.1. The largest absolute Gasteiger partial charge is 0.394 e. The lowest BCUT2D eigenvalue weighted by atomic mass is 10.1. The minimum absolute atomic E-state index is 0.197. The highest BCUT2D eigenvalue weighted by Crippen LogP contribution is 2.09. The molecule has 242 valence electrons. The summed E-state index contributed by atoms with van der Waals surface area (Å²) in [5, 5.41) is 32.7. The molecule has 0 rings (SSSR count). The Labute approximate surface area is 259 Å². The van der Waals surface area contributed by atoms with Crippen LogP contribution in [0.1, 0.15) is 142 Å². The van der Waals surface area contributed by atoms with Crippen molar-refractivity contribution in [2.24, 2.45) is 0 Å². The van der Waals surface area contributed by atoms with Crippen LogP contribution in [0, 0.1) is 0 Å². The highest BCUT2D eigenvalue weighted by Gasteiger charge is 2.22.